The molecule has 0 aliphatic heterocycles. The number of aromatic carboxylic acids is 1. The highest BCUT2D eigenvalue weighted by molar-refractivity contribution is 6.34. The second kappa shape index (κ2) is 12.7. The SMILES string of the molecule is CCC[C@@H](NC(=O)c1ccc(-c2c(Cl)cccc2-c2ncc(-c3cccc(OC)c3)[nH]2)c(C(=O)O)c1)c1ccccc1. The Balaban J connectivity index is 1.52. The van der Waals surface area contributed by atoms with E-state index in [1.807, 2.05) is 60.7 Å². The lowest BCUT2D eigenvalue weighted by Gasteiger charge is -2.19. The van der Waals surface area contributed by atoms with Gasteiger partial charge in [0, 0.05) is 27.3 Å². The summed E-state index contributed by atoms with van der Waals surface area (Å²) in [7, 11) is 1.61. The van der Waals surface area contributed by atoms with Crippen LogP contribution in [0.2, 0.25) is 5.02 Å². The molecule has 7 nitrogen and oxygen atoms in total. The molecular weight excluding hydrogens is 550 g/mol. The van der Waals surface area contributed by atoms with Crippen LogP contribution >= 0.6 is 11.6 Å². The van der Waals surface area contributed by atoms with Crippen LogP contribution in [-0.4, -0.2) is 34.1 Å². The molecule has 0 radical (unpaired) electrons. The van der Waals surface area contributed by atoms with Gasteiger partial charge in [0.1, 0.15) is 11.6 Å². The van der Waals surface area contributed by atoms with E-state index in [1.54, 1.807) is 37.6 Å². The van der Waals surface area contributed by atoms with E-state index in [1.165, 1.54) is 6.07 Å². The van der Waals surface area contributed by atoms with Gasteiger partial charge in [0.2, 0.25) is 0 Å². The number of hydrogen-bond acceptors (Lipinski definition) is 4. The van der Waals surface area contributed by atoms with Crippen LogP contribution in [0.25, 0.3) is 33.8 Å². The number of ether oxygens (including phenoxy) is 1. The lowest BCUT2D eigenvalue weighted by molar-refractivity contribution is 0.0697. The van der Waals surface area contributed by atoms with Crippen LogP contribution < -0.4 is 10.1 Å². The largest absolute Gasteiger partial charge is 0.497 e. The number of carboxylic acid groups (broad SMARTS) is 1. The highest BCUT2D eigenvalue weighted by Crippen LogP contribution is 2.39. The first-order valence-corrected chi connectivity index (χ1v) is 14.0. The number of methoxy groups -OCH3 is 1. The summed E-state index contributed by atoms with van der Waals surface area (Å²) in [6.45, 7) is 2.05. The zero-order valence-electron chi connectivity index (χ0n) is 23.2. The average Bonchev–Trinajstić information content (AvgIpc) is 3.51. The predicted octanol–water partition coefficient (Wildman–Crippen LogP) is 8.04. The van der Waals surface area contributed by atoms with Crippen LogP contribution in [0.1, 0.15) is 52.1 Å². The Hall–Kier alpha value is -4.88. The Morgan fingerprint density at radius 1 is 0.976 bits per heavy atom. The fraction of sp³-hybridized carbons (Fsp3) is 0.147. The fourth-order valence-corrected chi connectivity index (χ4v) is 5.29. The number of carbonyl (C=O) groups is 2. The van der Waals surface area contributed by atoms with Crippen LogP contribution in [0, 0.1) is 0 Å². The van der Waals surface area contributed by atoms with E-state index in [2.05, 4.69) is 22.2 Å². The first kappa shape index (κ1) is 28.6. The maximum atomic E-state index is 13.3. The number of halogens is 1. The number of rotatable bonds is 10. The second-order valence-electron chi connectivity index (χ2n) is 9.83. The molecule has 0 aliphatic carbocycles. The number of aromatic nitrogens is 2. The van der Waals surface area contributed by atoms with E-state index in [-0.39, 0.29) is 23.1 Å². The molecule has 0 saturated carbocycles. The molecular formula is C34H30ClN3O4. The third-order valence-electron chi connectivity index (χ3n) is 7.09. The standard InChI is InChI=1S/C34H30ClN3O4/c1-3-9-29(21-10-5-4-6-11-21)38-33(39)23-16-17-25(27(19-23)34(40)41)31-26(14-8-15-28(31)35)32-36-20-30(37-32)22-12-7-13-24(18-22)42-2/h4-8,10-20,29H,3,9H2,1-2H3,(H,36,37)(H,38,39)(H,40,41)/t29-/m1/s1. The summed E-state index contributed by atoms with van der Waals surface area (Å²) in [5.74, 6) is -0.282. The monoisotopic (exact) mass is 579 g/mol. The molecule has 0 aliphatic rings. The smallest absolute Gasteiger partial charge is 0.336 e. The van der Waals surface area contributed by atoms with Gasteiger partial charge in [-0.2, -0.15) is 0 Å². The molecule has 3 N–H and O–H groups in total. The third-order valence-corrected chi connectivity index (χ3v) is 7.41. The summed E-state index contributed by atoms with van der Waals surface area (Å²) < 4.78 is 5.34. The van der Waals surface area contributed by atoms with Crippen molar-refractivity contribution in [3.8, 4) is 39.5 Å². The Kier molecular flexibility index (Phi) is 8.69. The van der Waals surface area contributed by atoms with E-state index in [4.69, 9.17) is 16.3 Å². The summed E-state index contributed by atoms with van der Waals surface area (Å²) in [6.07, 6.45) is 3.34. The normalized spacial score (nSPS) is 11.6. The van der Waals surface area contributed by atoms with E-state index in [9.17, 15) is 14.7 Å². The maximum absolute atomic E-state index is 13.3. The lowest BCUT2D eigenvalue weighted by Crippen LogP contribution is -2.28. The molecule has 0 bridgehead atoms. The Bertz CT molecular complexity index is 1730. The average molecular weight is 580 g/mol. The van der Waals surface area contributed by atoms with E-state index in [0.29, 0.717) is 33.3 Å². The summed E-state index contributed by atoms with van der Waals surface area (Å²) >= 11 is 6.70. The minimum Gasteiger partial charge on any atom is -0.497 e. The highest BCUT2D eigenvalue weighted by Gasteiger charge is 2.23. The highest BCUT2D eigenvalue weighted by atomic mass is 35.5. The third kappa shape index (κ3) is 6.06. The lowest BCUT2D eigenvalue weighted by atomic mass is 9.93. The first-order valence-electron chi connectivity index (χ1n) is 13.6. The minimum absolute atomic E-state index is 0.0386. The van der Waals surface area contributed by atoms with Crippen molar-refractivity contribution in [2.24, 2.45) is 0 Å². The fourth-order valence-electron chi connectivity index (χ4n) is 5.01. The molecule has 1 heterocycles. The summed E-state index contributed by atoms with van der Waals surface area (Å²) in [5, 5.41) is 13.7. The molecule has 42 heavy (non-hydrogen) atoms. The second-order valence-corrected chi connectivity index (χ2v) is 10.2. The molecule has 5 rings (SSSR count). The topological polar surface area (TPSA) is 104 Å². The first-order chi connectivity index (χ1) is 20.4. The number of aromatic amines is 1. The molecule has 212 valence electrons. The number of imidazole rings is 1. The zero-order chi connectivity index (χ0) is 29.6. The van der Waals surface area contributed by atoms with Crippen molar-refractivity contribution in [3.63, 3.8) is 0 Å². The summed E-state index contributed by atoms with van der Waals surface area (Å²) in [4.78, 5) is 33.7. The molecule has 1 atom stereocenters. The molecule has 0 spiro atoms. The van der Waals surface area contributed by atoms with Crippen LogP contribution in [0.5, 0.6) is 5.75 Å². The van der Waals surface area contributed by atoms with Crippen molar-refractivity contribution in [1.29, 1.82) is 0 Å². The Morgan fingerprint density at radius 2 is 1.76 bits per heavy atom. The molecule has 0 unspecified atom stereocenters. The van der Waals surface area contributed by atoms with Gasteiger partial charge in [-0.3, -0.25) is 4.79 Å². The van der Waals surface area contributed by atoms with Gasteiger partial charge >= 0.3 is 5.97 Å². The van der Waals surface area contributed by atoms with Gasteiger partial charge in [-0.05, 0) is 47.9 Å². The number of amides is 1. The van der Waals surface area contributed by atoms with Crippen molar-refractivity contribution in [1.82, 2.24) is 15.3 Å². The predicted molar refractivity (Wildman–Crippen MR) is 165 cm³/mol. The number of carbonyl (C=O) groups excluding carboxylic acids is 1. The van der Waals surface area contributed by atoms with Gasteiger partial charge in [0.05, 0.1) is 30.6 Å². The van der Waals surface area contributed by atoms with Crippen molar-refractivity contribution >= 4 is 23.5 Å². The number of H-pyrrole nitrogens is 1. The molecule has 1 amide bonds. The van der Waals surface area contributed by atoms with Crippen molar-refractivity contribution in [2.45, 2.75) is 25.8 Å². The number of nitrogens with one attached hydrogen (secondary N) is 2. The van der Waals surface area contributed by atoms with Crippen molar-refractivity contribution in [3.05, 3.63) is 119 Å². The van der Waals surface area contributed by atoms with E-state index in [0.717, 1.165) is 29.7 Å². The maximum Gasteiger partial charge on any atom is 0.336 e. The summed E-state index contributed by atoms with van der Waals surface area (Å²) in [5.41, 5.74) is 4.37. The number of hydrogen-bond donors (Lipinski definition) is 3. The molecule has 5 aromatic rings. The van der Waals surface area contributed by atoms with Gasteiger partial charge in [0.15, 0.2) is 0 Å². The molecule has 0 saturated heterocycles. The van der Waals surface area contributed by atoms with Gasteiger partial charge in [-0.25, -0.2) is 9.78 Å². The molecule has 1 aromatic heterocycles. The Morgan fingerprint density at radius 3 is 2.50 bits per heavy atom. The van der Waals surface area contributed by atoms with E-state index < -0.39 is 5.97 Å². The van der Waals surface area contributed by atoms with Crippen LogP contribution in [0.4, 0.5) is 0 Å². The quantitative estimate of drug-likeness (QED) is 0.155. The van der Waals surface area contributed by atoms with Crippen LogP contribution in [0.15, 0.2) is 97.2 Å². The van der Waals surface area contributed by atoms with Crippen molar-refractivity contribution in [2.75, 3.05) is 7.11 Å². The number of benzene rings is 4. The molecule has 0 fully saturated rings. The van der Waals surface area contributed by atoms with Gasteiger partial charge in [-0.15, -0.1) is 0 Å². The Labute approximate surface area is 249 Å². The summed E-state index contributed by atoms with van der Waals surface area (Å²) in [6, 6.07) is 27.1. The zero-order valence-corrected chi connectivity index (χ0v) is 24.0. The van der Waals surface area contributed by atoms with Gasteiger partial charge < -0.3 is 20.1 Å². The van der Waals surface area contributed by atoms with Crippen LogP contribution in [0.3, 0.4) is 0 Å². The minimum atomic E-state index is -1.17. The number of nitrogens with zero attached hydrogens (tertiary/aromatic N) is 1. The van der Waals surface area contributed by atoms with Gasteiger partial charge in [0.25, 0.3) is 5.91 Å². The number of carboxylic acids is 1. The van der Waals surface area contributed by atoms with Gasteiger partial charge in [-0.1, -0.05) is 85.6 Å². The van der Waals surface area contributed by atoms with Crippen molar-refractivity contribution < 1.29 is 19.4 Å². The van der Waals surface area contributed by atoms with E-state index >= 15 is 0 Å². The molecule has 4 aromatic carbocycles. The molecule has 8 heteroatoms. The van der Waals surface area contributed by atoms with Crippen LogP contribution in [-0.2, 0) is 0 Å².